The van der Waals surface area contributed by atoms with E-state index in [1.54, 1.807) is 4.68 Å². The molecule has 0 fully saturated rings. The maximum Gasteiger partial charge on any atom is 0.277 e. The number of anilines is 2. The number of benzene rings is 2. The van der Waals surface area contributed by atoms with Crippen LogP contribution in [-0.4, -0.2) is 15.1 Å². The van der Waals surface area contributed by atoms with Crippen molar-refractivity contribution in [2.75, 3.05) is 10.6 Å². The molecular weight excluding hydrogens is 424 g/mol. The fraction of sp³-hybridized carbons (Fsp3) is 0.357. The molecule has 0 bridgehead atoms. The van der Waals surface area contributed by atoms with Gasteiger partial charge in [-0.2, -0.15) is 0 Å². The number of hydrogen-bond donors (Lipinski definition) is 2. The maximum absolute atomic E-state index is 13.9. The summed E-state index contributed by atoms with van der Waals surface area (Å²) >= 11 is 0. The highest BCUT2D eigenvalue weighted by atomic mass is 16.1. The maximum atomic E-state index is 13.9. The molecule has 1 aliphatic heterocycles. The van der Waals surface area contributed by atoms with E-state index in [2.05, 4.69) is 50.5 Å². The molecule has 0 saturated carbocycles. The van der Waals surface area contributed by atoms with Gasteiger partial charge in [-0.25, -0.2) is 4.68 Å². The molecule has 3 aromatic rings. The number of aromatic nitrogens is 2. The molecule has 1 atom stereocenters. The molecule has 0 spiro atoms. The Bertz CT molecular complexity index is 1410. The summed E-state index contributed by atoms with van der Waals surface area (Å²) in [5.74, 6) is 0.0893. The Morgan fingerprint density at radius 2 is 1.59 bits per heavy atom. The third kappa shape index (κ3) is 3.49. The van der Waals surface area contributed by atoms with Crippen molar-refractivity contribution in [3.63, 3.8) is 0 Å². The molecule has 0 radical (unpaired) electrons. The zero-order valence-corrected chi connectivity index (χ0v) is 20.7. The lowest BCUT2D eigenvalue weighted by Crippen LogP contribution is -2.33. The number of ketones is 1. The van der Waals surface area contributed by atoms with Crippen molar-refractivity contribution in [1.29, 1.82) is 0 Å². The first-order valence-corrected chi connectivity index (χ1v) is 11.8. The van der Waals surface area contributed by atoms with Crippen LogP contribution in [0.4, 0.5) is 11.4 Å². The first-order valence-electron chi connectivity index (χ1n) is 11.8. The zero-order valence-electron chi connectivity index (χ0n) is 20.7. The highest BCUT2D eigenvalue weighted by Crippen LogP contribution is 2.46. The smallest absolute Gasteiger partial charge is 0.277 e. The topological polar surface area (TPSA) is 68.1 Å². The summed E-state index contributed by atoms with van der Waals surface area (Å²) in [4.78, 5) is 27.5. The second-order valence-electron chi connectivity index (χ2n) is 10.5. The Morgan fingerprint density at radius 1 is 0.941 bits per heavy atom. The van der Waals surface area contributed by atoms with Crippen molar-refractivity contribution in [3.05, 3.63) is 86.5 Å². The van der Waals surface area contributed by atoms with Crippen LogP contribution in [0.25, 0.3) is 5.69 Å². The van der Waals surface area contributed by atoms with Crippen LogP contribution in [0.15, 0.2) is 58.5 Å². The van der Waals surface area contributed by atoms with Gasteiger partial charge < -0.3 is 10.6 Å². The van der Waals surface area contributed by atoms with E-state index >= 15 is 0 Å². The molecule has 176 valence electrons. The molecule has 0 saturated heterocycles. The summed E-state index contributed by atoms with van der Waals surface area (Å²) in [5, 5.41) is 7.19. The van der Waals surface area contributed by atoms with E-state index in [0.29, 0.717) is 17.6 Å². The summed E-state index contributed by atoms with van der Waals surface area (Å²) in [6, 6.07) is 13.3. The van der Waals surface area contributed by atoms with Gasteiger partial charge in [-0.1, -0.05) is 32.0 Å². The number of carbonyl (C=O) groups excluding carboxylic acids is 1. The molecule has 2 aliphatic rings. The van der Waals surface area contributed by atoms with Gasteiger partial charge in [-0.05, 0) is 68.0 Å². The second-order valence-corrected chi connectivity index (χ2v) is 10.5. The minimum Gasteiger partial charge on any atom is -0.372 e. The van der Waals surface area contributed by atoms with Gasteiger partial charge >= 0.3 is 0 Å². The Balaban J connectivity index is 1.76. The van der Waals surface area contributed by atoms with Crippen molar-refractivity contribution in [2.45, 2.75) is 53.5 Å². The molecule has 0 amide bonds. The third-order valence-electron chi connectivity index (χ3n) is 7.32. The van der Waals surface area contributed by atoms with Crippen LogP contribution in [0.2, 0.25) is 0 Å². The largest absolute Gasteiger partial charge is 0.372 e. The summed E-state index contributed by atoms with van der Waals surface area (Å²) in [6.45, 7) is 10.4. The number of allylic oxidation sites excluding steroid dienone is 1. The van der Waals surface area contributed by atoms with Gasteiger partial charge in [0, 0.05) is 30.4 Å². The number of nitrogens with one attached hydrogen (secondary N) is 2. The number of carbonyl (C=O) groups is 1. The van der Waals surface area contributed by atoms with Gasteiger partial charge in [-0.15, -0.1) is 0 Å². The van der Waals surface area contributed by atoms with Gasteiger partial charge in [0.2, 0.25) is 0 Å². The minimum absolute atomic E-state index is 0.0893. The molecule has 5 rings (SSSR count). The third-order valence-corrected chi connectivity index (χ3v) is 7.32. The summed E-state index contributed by atoms with van der Waals surface area (Å²) in [5.41, 5.74) is 7.76. The number of rotatable bonds is 2. The van der Waals surface area contributed by atoms with Crippen LogP contribution in [0, 0.1) is 26.2 Å². The fourth-order valence-corrected chi connectivity index (χ4v) is 5.35. The van der Waals surface area contributed by atoms with Crippen LogP contribution in [0.1, 0.15) is 55.1 Å². The Hall–Kier alpha value is -3.54. The van der Waals surface area contributed by atoms with E-state index in [9.17, 15) is 9.59 Å². The van der Waals surface area contributed by atoms with E-state index < -0.39 is 6.04 Å². The number of nitrogens with zero attached hydrogens (tertiary/aromatic N) is 2. The highest BCUT2D eigenvalue weighted by molar-refractivity contribution is 6.01. The fourth-order valence-electron chi connectivity index (χ4n) is 5.35. The standard InChI is InChI=1S/C28H32N4O2/c1-16-12-20-21(13-17(16)2)30-26(25-22(29-20)14-28(4,5)15-23(25)33)24-18(3)31(6)32(27(24)34)19-10-8-7-9-11-19/h7-13,26,29-30H,14-15H2,1-6H3/t26-/m0/s1. The number of fused-ring (bicyclic) bond motifs is 1. The van der Waals surface area contributed by atoms with Gasteiger partial charge in [-0.3, -0.25) is 14.3 Å². The number of para-hydroxylation sites is 1. The lowest BCUT2D eigenvalue weighted by Gasteiger charge is -2.33. The van der Waals surface area contributed by atoms with Gasteiger partial charge in [0.05, 0.1) is 28.7 Å². The van der Waals surface area contributed by atoms with Gasteiger partial charge in [0.15, 0.2) is 5.78 Å². The minimum atomic E-state index is -0.530. The molecule has 2 heterocycles. The highest BCUT2D eigenvalue weighted by Gasteiger charge is 2.41. The predicted molar refractivity (Wildman–Crippen MR) is 137 cm³/mol. The van der Waals surface area contributed by atoms with E-state index in [1.165, 1.54) is 5.56 Å². The Labute approximate surface area is 200 Å². The van der Waals surface area contributed by atoms with E-state index in [0.717, 1.165) is 40.4 Å². The monoisotopic (exact) mass is 456 g/mol. The Morgan fingerprint density at radius 3 is 2.26 bits per heavy atom. The number of Topliss-reactive ketones (excluding diaryl/α,β-unsaturated/α-hetero) is 1. The molecule has 2 aromatic carbocycles. The van der Waals surface area contributed by atoms with E-state index in [1.807, 2.05) is 49.0 Å². The van der Waals surface area contributed by atoms with Crippen molar-refractivity contribution < 1.29 is 4.79 Å². The lowest BCUT2D eigenvalue weighted by molar-refractivity contribution is -0.118. The quantitative estimate of drug-likeness (QED) is 0.547. The number of aryl methyl sites for hydroxylation is 2. The number of hydrogen-bond acceptors (Lipinski definition) is 4. The summed E-state index contributed by atoms with van der Waals surface area (Å²) < 4.78 is 3.56. The van der Waals surface area contributed by atoms with Crippen LogP contribution < -0.4 is 16.2 Å². The molecule has 0 unspecified atom stereocenters. The first kappa shape index (κ1) is 22.3. The predicted octanol–water partition coefficient (Wildman–Crippen LogP) is 5.32. The van der Waals surface area contributed by atoms with Crippen LogP contribution in [0.3, 0.4) is 0 Å². The second kappa shape index (κ2) is 7.76. The average Bonchev–Trinajstić information content (AvgIpc) is 2.88. The molecule has 6 heteroatoms. The van der Waals surface area contributed by atoms with Crippen molar-refractivity contribution in [1.82, 2.24) is 9.36 Å². The zero-order chi connectivity index (χ0) is 24.4. The SMILES string of the molecule is Cc1cc2c(cc1C)N[C@@H](c1c(C)n(C)n(-c3ccccc3)c1=O)C1=C(CC(C)(C)CC1=O)N2. The lowest BCUT2D eigenvalue weighted by atomic mass is 9.73. The molecule has 1 aromatic heterocycles. The van der Waals surface area contributed by atoms with E-state index in [-0.39, 0.29) is 16.8 Å². The van der Waals surface area contributed by atoms with Crippen molar-refractivity contribution in [2.24, 2.45) is 12.5 Å². The summed E-state index contributed by atoms with van der Waals surface area (Å²) in [6.07, 6.45) is 1.20. The van der Waals surface area contributed by atoms with Crippen LogP contribution in [0.5, 0.6) is 0 Å². The molecule has 6 nitrogen and oxygen atoms in total. The molecular formula is C28H32N4O2. The van der Waals surface area contributed by atoms with Gasteiger partial charge in [0.25, 0.3) is 5.56 Å². The van der Waals surface area contributed by atoms with Crippen LogP contribution >= 0.6 is 0 Å². The van der Waals surface area contributed by atoms with Crippen molar-refractivity contribution in [3.8, 4) is 5.69 Å². The summed E-state index contributed by atoms with van der Waals surface area (Å²) in [7, 11) is 1.89. The van der Waals surface area contributed by atoms with E-state index in [4.69, 9.17) is 0 Å². The molecule has 1 aliphatic carbocycles. The van der Waals surface area contributed by atoms with Crippen LogP contribution in [-0.2, 0) is 11.8 Å². The average molecular weight is 457 g/mol. The molecule has 2 N–H and O–H groups in total. The normalized spacial score (nSPS) is 19.1. The van der Waals surface area contributed by atoms with Crippen molar-refractivity contribution >= 4 is 17.2 Å². The molecule has 34 heavy (non-hydrogen) atoms. The first-order chi connectivity index (χ1) is 16.1. The Kier molecular flexibility index (Phi) is 5.08. The van der Waals surface area contributed by atoms with Gasteiger partial charge in [0.1, 0.15) is 0 Å².